The van der Waals surface area contributed by atoms with E-state index < -0.39 is 0 Å². The van der Waals surface area contributed by atoms with Gasteiger partial charge in [0.05, 0.1) is 0 Å². The number of carbonyl (C=O) groups is 3. The first-order chi connectivity index (χ1) is 8.54. The number of likely N-dealkylation sites (tertiary alicyclic amines) is 1. The lowest BCUT2D eigenvalue weighted by molar-refractivity contribution is -0.128. The van der Waals surface area contributed by atoms with Crippen molar-refractivity contribution in [3.05, 3.63) is 0 Å². The molecule has 6 heteroatoms. The first-order valence-electron chi connectivity index (χ1n) is 6.25. The lowest BCUT2D eigenvalue weighted by Gasteiger charge is -2.20. The van der Waals surface area contributed by atoms with Gasteiger partial charge in [-0.05, 0) is 12.3 Å². The van der Waals surface area contributed by atoms with Crippen molar-refractivity contribution in [2.75, 3.05) is 18.8 Å². The maximum absolute atomic E-state index is 11.8. The van der Waals surface area contributed by atoms with Gasteiger partial charge in [0.2, 0.25) is 11.8 Å². The van der Waals surface area contributed by atoms with Crippen LogP contribution in [0.3, 0.4) is 0 Å². The summed E-state index contributed by atoms with van der Waals surface area (Å²) in [6.07, 6.45) is 1.91. The molecular formula is C12H18N2O3S. The number of nitrogens with zero attached hydrogens (tertiary/aromatic N) is 1. The van der Waals surface area contributed by atoms with E-state index in [1.807, 2.05) is 4.90 Å². The predicted molar refractivity (Wildman–Crippen MR) is 69.0 cm³/mol. The molecule has 2 rings (SSSR count). The highest BCUT2D eigenvalue weighted by atomic mass is 32.2. The third-order valence-electron chi connectivity index (χ3n) is 3.34. The fraction of sp³-hybridized carbons (Fsp3) is 0.750. The number of hydrogen-bond acceptors (Lipinski definition) is 4. The molecule has 1 N–H and O–H groups in total. The van der Waals surface area contributed by atoms with Gasteiger partial charge in [-0.1, -0.05) is 11.8 Å². The van der Waals surface area contributed by atoms with E-state index in [0.29, 0.717) is 31.7 Å². The van der Waals surface area contributed by atoms with E-state index in [1.165, 1.54) is 11.8 Å². The number of carbonyl (C=O) groups excluding carboxylic acids is 3. The van der Waals surface area contributed by atoms with Crippen molar-refractivity contribution in [2.24, 2.45) is 5.92 Å². The van der Waals surface area contributed by atoms with Crippen LogP contribution in [0.2, 0.25) is 0 Å². The second-order valence-electron chi connectivity index (χ2n) is 4.97. The quantitative estimate of drug-likeness (QED) is 0.802. The average Bonchev–Trinajstić information content (AvgIpc) is 2.84. The Labute approximate surface area is 111 Å². The van der Waals surface area contributed by atoms with E-state index in [-0.39, 0.29) is 28.9 Å². The molecule has 5 nitrogen and oxygen atoms in total. The summed E-state index contributed by atoms with van der Waals surface area (Å²) in [7, 11) is 0. The fourth-order valence-corrected chi connectivity index (χ4v) is 3.15. The molecule has 0 aromatic rings. The Balaban J connectivity index is 1.78. The Bertz CT molecular complexity index is 372. The highest BCUT2D eigenvalue weighted by molar-refractivity contribution is 8.13. The Kier molecular flexibility index (Phi) is 4.27. The number of hydrogen-bond donors (Lipinski definition) is 1. The minimum atomic E-state index is 0.0790. The summed E-state index contributed by atoms with van der Waals surface area (Å²) in [6.45, 7) is 2.88. The van der Waals surface area contributed by atoms with Crippen LogP contribution in [0.25, 0.3) is 0 Å². The summed E-state index contributed by atoms with van der Waals surface area (Å²) in [6, 6.07) is 0.112. The molecule has 0 saturated carbocycles. The van der Waals surface area contributed by atoms with E-state index >= 15 is 0 Å². The van der Waals surface area contributed by atoms with Crippen LogP contribution in [0.4, 0.5) is 0 Å². The highest BCUT2D eigenvalue weighted by Gasteiger charge is 2.32. The van der Waals surface area contributed by atoms with Crippen LogP contribution in [0.1, 0.15) is 26.2 Å². The number of rotatable bonds is 4. The fourth-order valence-electron chi connectivity index (χ4n) is 2.46. The number of amides is 2. The van der Waals surface area contributed by atoms with Gasteiger partial charge in [0, 0.05) is 44.6 Å². The molecule has 0 radical (unpaired) electrons. The van der Waals surface area contributed by atoms with Crippen molar-refractivity contribution in [3.8, 4) is 0 Å². The Hall–Kier alpha value is -1.04. The van der Waals surface area contributed by atoms with Gasteiger partial charge in [0.1, 0.15) is 0 Å². The van der Waals surface area contributed by atoms with Crippen molar-refractivity contribution in [2.45, 2.75) is 32.2 Å². The molecule has 2 aliphatic rings. The van der Waals surface area contributed by atoms with Gasteiger partial charge in [0.15, 0.2) is 5.12 Å². The minimum absolute atomic E-state index is 0.0790. The van der Waals surface area contributed by atoms with E-state index in [0.717, 1.165) is 6.42 Å². The van der Waals surface area contributed by atoms with E-state index in [1.54, 1.807) is 6.92 Å². The zero-order valence-electron chi connectivity index (χ0n) is 10.5. The average molecular weight is 270 g/mol. The van der Waals surface area contributed by atoms with Gasteiger partial charge in [-0.3, -0.25) is 14.4 Å². The monoisotopic (exact) mass is 270 g/mol. The van der Waals surface area contributed by atoms with E-state index in [2.05, 4.69) is 5.32 Å². The molecule has 0 bridgehead atoms. The van der Waals surface area contributed by atoms with Gasteiger partial charge in [-0.15, -0.1) is 0 Å². The molecule has 2 saturated heterocycles. The molecule has 18 heavy (non-hydrogen) atoms. The van der Waals surface area contributed by atoms with Crippen LogP contribution in [-0.2, 0) is 14.4 Å². The van der Waals surface area contributed by atoms with Gasteiger partial charge in [0.25, 0.3) is 0 Å². The molecule has 2 aliphatic heterocycles. The van der Waals surface area contributed by atoms with Crippen molar-refractivity contribution in [3.63, 3.8) is 0 Å². The lowest BCUT2D eigenvalue weighted by atomic mass is 10.1. The molecule has 2 heterocycles. The molecule has 1 unspecified atom stereocenters. The molecule has 0 aliphatic carbocycles. The summed E-state index contributed by atoms with van der Waals surface area (Å²) < 4.78 is 0. The van der Waals surface area contributed by atoms with Crippen LogP contribution in [0.15, 0.2) is 0 Å². The highest BCUT2D eigenvalue weighted by Crippen LogP contribution is 2.23. The number of nitrogens with one attached hydrogen (secondary N) is 1. The molecule has 0 aromatic carbocycles. The van der Waals surface area contributed by atoms with Crippen LogP contribution in [-0.4, -0.2) is 46.7 Å². The second kappa shape index (κ2) is 5.73. The Morgan fingerprint density at radius 1 is 1.50 bits per heavy atom. The van der Waals surface area contributed by atoms with Crippen LogP contribution < -0.4 is 5.32 Å². The standard InChI is InChI=1S/C12H18N2O3S/c1-8(15)18-7-9-4-12(17)14(5-9)6-10-2-3-11(16)13-10/h9-10H,2-7H2,1H3,(H,13,16)/t9?,10-/m1/s1. The third kappa shape index (κ3) is 3.48. The molecule has 0 aromatic heterocycles. The van der Waals surface area contributed by atoms with Crippen molar-refractivity contribution < 1.29 is 14.4 Å². The van der Waals surface area contributed by atoms with Crippen LogP contribution in [0, 0.1) is 5.92 Å². The first kappa shape index (κ1) is 13.4. The molecule has 2 atom stereocenters. The van der Waals surface area contributed by atoms with E-state index in [9.17, 15) is 14.4 Å². The molecule has 0 spiro atoms. The van der Waals surface area contributed by atoms with Gasteiger partial charge < -0.3 is 10.2 Å². The van der Waals surface area contributed by atoms with Crippen LogP contribution in [0.5, 0.6) is 0 Å². The maximum atomic E-state index is 11.8. The van der Waals surface area contributed by atoms with Crippen molar-refractivity contribution in [1.29, 1.82) is 0 Å². The Morgan fingerprint density at radius 3 is 2.89 bits per heavy atom. The maximum Gasteiger partial charge on any atom is 0.223 e. The summed E-state index contributed by atoms with van der Waals surface area (Å²) in [5, 5.41) is 2.98. The Morgan fingerprint density at radius 2 is 2.28 bits per heavy atom. The normalized spacial score (nSPS) is 27.7. The van der Waals surface area contributed by atoms with Crippen LogP contribution >= 0.6 is 11.8 Å². The molecular weight excluding hydrogens is 252 g/mol. The molecule has 100 valence electrons. The third-order valence-corrected chi connectivity index (χ3v) is 4.39. The molecule has 2 fully saturated rings. The second-order valence-corrected chi connectivity index (χ2v) is 6.17. The summed E-state index contributed by atoms with van der Waals surface area (Å²) >= 11 is 1.29. The molecule has 2 amide bonds. The van der Waals surface area contributed by atoms with Crippen molar-refractivity contribution in [1.82, 2.24) is 10.2 Å². The summed E-state index contributed by atoms with van der Waals surface area (Å²) in [5.74, 6) is 1.21. The lowest BCUT2D eigenvalue weighted by Crippen LogP contribution is -2.39. The smallest absolute Gasteiger partial charge is 0.223 e. The SMILES string of the molecule is CC(=O)SCC1CC(=O)N(C[C@H]2CCC(=O)N2)C1. The van der Waals surface area contributed by atoms with Gasteiger partial charge >= 0.3 is 0 Å². The summed E-state index contributed by atoms with van der Waals surface area (Å²) in [5.41, 5.74) is 0. The number of thioether (sulfide) groups is 1. The first-order valence-corrected chi connectivity index (χ1v) is 7.23. The topological polar surface area (TPSA) is 66.5 Å². The minimum Gasteiger partial charge on any atom is -0.352 e. The van der Waals surface area contributed by atoms with E-state index in [4.69, 9.17) is 0 Å². The van der Waals surface area contributed by atoms with Crippen molar-refractivity contribution >= 4 is 28.7 Å². The zero-order valence-corrected chi connectivity index (χ0v) is 11.3. The zero-order chi connectivity index (χ0) is 13.1. The van der Waals surface area contributed by atoms with Gasteiger partial charge in [-0.2, -0.15) is 0 Å². The largest absolute Gasteiger partial charge is 0.352 e. The van der Waals surface area contributed by atoms with Gasteiger partial charge in [-0.25, -0.2) is 0 Å². The summed E-state index contributed by atoms with van der Waals surface area (Å²) in [4.78, 5) is 35.6. The predicted octanol–water partition coefficient (Wildman–Crippen LogP) is 0.393.